The van der Waals surface area contributed by atoms with E-state index < -0.39 is 0 Å². The van der Waals surface area contributed by atoms with Gasteiger partial charge in [0.25, 0.3) is 0 Å². The average Bonchev–Trinajstić information content (AvgIpc) is 4.19. The molecule has 0 spiro atoms. The Balaban J connectivity index is 0.000000287. The summed E-state index contributed by atoms with van der Waals surface area (Å²) >= 11 is 0. The van der Waals surface area contributed by atoms with E-state index in [9.17, 15) is 0 Å². The van der Waals surface area contributed by atoms with E-state index >= 15 is 0 Å². The first-order valence-electron chi connectivity index (χ1n) is 20.5. The zero-order valence-electron chi connectivity index (χ0n) is 34.0. The number of pyridine rings is 2. The molecular weight excluding hydrogens is 858 g/mol. The van der Waals surface area contributed by atoms with Gasteiger partial charge in [-0.3, -0.25) is 9.97 Å². The number of hydrogen-bond donors (Lipinski definition) is 0. The topological polar surface area (TPSA) is 79.8 Å². The minimum atomic E-state index is 0. The second-order valence-electron chi connectivity index (χ2n) is 14.7. The maximum Gasteiger partial charge on any atom is 2.00 e. The molecule has 0 fully saturated rings. The molecule has 300 valence electrons. The second-order valence-corrected chi connectivity index (χ2v) is 14.7. The summed E-state index contributed by atoms with van der Waals surface area (Å²) in [6.07, 6.45) is 19.6. The molecule has 0 amide bonds. The fourth-order valence-corrected chi connectivity index (χ4v) is 7.83. The summed E-state index contributed by atoms with van der Waals surface area (Å²) in [5.41, 5.74) is 17.3. The van der Waals surface area contributed by atoms with Crippen molar-refractivity contribution in [2.45, 2.75) is 0 Å². The standard InChI is InChI=1S/C44H28N4.C12H10N2.Ru/c1-5-13-29(14-6-1)41-33-21-23-35(45-33)42(30-15-7-2-8-16-30)37-25-27-39(47-37)44(32-19-11-4-12-20-32)40-28-26-38(48-40)43(31-17-9-3-10-18-31)36-24-22-34(41)46-36;1(11-3-7-13-8-4-11)2-12-5-9-14-10-6-12;/h1-28H;1-10H;/q-2;;+2/b;2-1+;. The van der Waals surface area contributed by atoms with Crippen molar-refractivity contribution in [1.29, 1.82) is 0 Å². The van der Waals surface area contributed by atoms with Gasteiger partial charge in [0.1, 0.15) is 0 Å². The largest absolute Gasteiger partial charge is 2.00 e. The van der Waals surface area contributed by atoms with Gasteiger partial charge in [-0.05, 0) is 104 Å². The third kappa shape index (κ3) is 8.83. The van der Waals surface area contributed by atoms with Crippen molar-refractivity contribution in [3.63, 3.8) is 0 Å². The van der Waals surface area contributed by atoms with E-state index in [4.69, 9.17) is 19.9 Å². The van der Waals surface area contributed by atoms with Crippen LogP contribution in [0.5, 0.6) is 0 Å². The Bertz CT molecular complexity index is 2860. The predicted octanol–water partition coefficient (Wildman–Crippen LogP) is 13.2. The number of hydrogen-bond acceptors (Lipinski definition) is 4. The number of nitrogens with zero attached hydrogens (tertiary/aromatic N) is 6. The number of benzene rings is 4. The van der Waals surface area contributed by atoms with Gasteiger partial charge in [0, 0.05) is 24.8 Å². The van der Waals surface area contributed by atoms with Gasteiger partial charge in [-0.25, -0.2) is 9.97 Å². The van der Waals surface area contributed by atoms with Crippen molar-refractivity contribution in [2.75, 3.05) is 0 Å². The van der Waals surface area contributed by atoms with Crippen LogP contribution in [0, 0.1) is 0 Å². The van der Waals surface area contributed by atoms with Gasteiger partial charge >= 0.3 is 19.5 Å². The van der Waals surface area contributed by atoms with E-state index in [-0.39, 0.29) is 19.5 Å². The Hall–Kier alpha value is -7.86. The zero-order valence-corrected chi connectivity index (χ0v) is 35.7. The first-order chi connectivity index (χ1) is 30.7. The summed E-state index contributed by atoms with van der Waals surface area (Å²) in [6, 6.07) is 57.9. The monoisotopic (exact) mass is 896 g/mol. The van der Waals surface area contributed by atoms with E-state index in [1.54, 1.807) is 24.8 Å². The molecule has 0 saturated heterocycles. The summed E-state index contributed by atoms with van der Waals surface area (Å²) in [5.74, 6) is 0. The van der Waals surface area contributed by atoms with Crippen LogP contribution in [0.25, 0.3) is 103 Å². The maximum atomic E-state index is 5.31. The fourth-order valence-electron chi connectivity index (χ4n) is 7.83. The van der Waals surface area contributed by atoms with E-state index in [1.165, 1.54) is 0 Å². The molecule has 2 aliphatic heterocycles. The van der Waals surface area contributed by atoms with Crippen molar-refractivity contribution >= 4 is 58.5 Å². The van der Waals surface area contributed by atoms with Crippen LogP contribution in [0.3, 0.4) is 0 Å². The molecule has 9 aromatic rings. The first kappa shape index (κ1) is 40.5. The Labute approximate surface area is 379 Å². The third-order valence-electron chi connectivity index (χ3n) is 10.7. The first-order valence-corrected chi connectivity index (χ1v) is 20.5. The smallest absolute Gasteiger partial charge is 0.657 e. The van der Waals surface area contributed by atoms with Crippen LogP contribution in [0.2, 0.25) is 0 Å². The molecule has 7 heteroatoms. The van der Waals surface area contributed by atoms with Crippen LogP contribution in [-0.2, 0) is 19.5 Å². The molecule has 8 bridgehead atoms. The molecule has 2 aliphatic rings. The molecule has 0 aliphatic carbocycles. The summed E-state index contributed by atoms with van der Waals surface area (Å²) < 4.78 is 0. The predicted molar refractivity (Wildman–Crippen MR) is 256 cm³/mol. The summed E-state index contributed by atoms with van der Waals surface area (Å²) in [4.78, 5) is 29.1. The van der Waals surface area contributed by atoms with Crippen molar-refractivity contribution in [1.82, 2.24) is 29.9 Å². The molecule has 0 radical (unpaired) electrons. The van der Waals surface area contributed by atoms with Crippen molar-refractivity contribution in [3.8, 4) is 44.5 Å². The molecule has 63 heavy (non-hydrogen) atoms. The molecule has 5 aromatic heterocycles. The summed E-state index contributed by atoms with van der Waals surface area (Å²) in [5, 5.41) is 0. The minimum Gasteiger partial charge on any atom is -0.657 e. The Morgan fingerprint density at radius 3 is 0.810 bits per heavy atom. The fraction of sp³-hybridized carbons (Fsp3) is 0. The zero-order chi connectivity index (χ0) is 41.5. The van der Waals surface area contributed by atoms with Crippen LogP contribution in [0.15, 0.2) is 195 Å². The molecule has 11 rings (SSSR count). The Morgan fingerprint density at radius 1 is 0.302 bits per heavy atom. The third-order valence-corrected chi connectivity index (χ3v) is 10.7. The van der Waals surface area contributed by atoms with E-state index in [1.807, 2.05) is 48.5 Å². The molecule has 0 unspecified atom stereocenters. The average molecular weight is 896 g/mol. The maximum absolute atomic E-state index is 5.31. The number of aromatic nitrogens is 6. The van der Waals surface area contributed by atoms with Crippen molar-refractivity contribution < 1.29 is 19.5 Å². The normalized spacial score (nSPS) is 11.5. The second kappa shape index (κ2) is 18.8. The molecule has 0 N–H and O–H groups in total. The molecule has 4 aromatic carbocycles. The van der Waals surface area contributed by atoms with Crippen molar-refractivity contribution in [2.24, 2.45) is 0 Å². The van der Waals surface area contributed by atoms with Gasteiger partial charge in [-0.15, -0.1) is 22.1 Å². The van der Waals surface area contributed by atoms with Gasteiger partial charge in [-0.2, -0.15) is 0 Å². The van der Waals surface area contributed by atoms with Crippen LogP contribution in [0.4, 0.5) is 0 Å². The van der Waals surface area contributed by atoms with Gasteiger partial charge < -0.3 is 9.97 Å². The van der Waals surface area contributed by atoms with Gasteiger partial charge in [0.2, 0.25) is 0 Å². The van der Waals surface area contributed by atoms with Crippen LogP contribution in [-0.4, -0.2) is 19.9 Å². The number of rotatable bonds is 6. The minimum absolute atomic E-state index is 0. The van der Waals surface area contributed by atoms with Crippen LogP contribution in [0.1, 0.15) is 33.9 Å². The molecule has 0 saturated carbocycles. The number of fused-ring (bicyclic) bond motifs is 8. The van der Waals surface area contributed by atoms with Gasteiger partial charge in [0.05, 0.1) is 22.8 Å². The van der Waals surface area contributed by atoms with Crippen LogP contribution < -0.4 is 9.97 Å². The Kier molecular flexibility index (Phi) is 12.1. The van der Waals surface area contributed by atoms with Crippen LogP contribution >= 0.6 is 0 Å². The SMILES string of the molecule is C(=C\c1ccncc1)/c1ccncc1.C1=Cc2nc1c(-c1ccccc1)c1ccc([n-]1)c(-c1ccccc1)c1nc(c(-c3ccccc3)c3ccc([n-]3)c2-c2ccccc2)C=C1.[Ru+2]. The quantitative estimate of drug-likeness (QED) is 0.155. The van der Waals surface area contributed by atoms with Gasteiger partial charge in [-0.1, -0.05) is 158 Å². The summed E-state index contributed by atoms with van der Waals surface area (Å²) in [6.45, 7) is 0. The Morgan fingerprint density at radius 2 is 0.556 bits per heavy atom. The van der Waals surface area contributed by atoms with E-state index in [0.717, 1.165) is 100 Å². The molecular formula is C56H38N6Ru. The van der Waals surface area contributed by atoms with Gasteiger partial charge in [0.15, 0.2) is 0 Å². The molecule has 7 heterocycles. The summed E-state index contributed by atoms with van der Waals surface area (Å²) in [7, 11) is 0. The molecule has 0 atom stereocenters. The van der Waals surface area contributed by atoms with E-state index in [0.29, 0.717) is 0 Å². The molecule has 6 nitrogen and oxygen atoms in total. The van der Waals surface area contributed by atoms with E-state index in [2.05, 4.69) is 168 Å². The van der Waals surface area contributed by atoms with Crippen molar-refractivity contribution in [3.05, 3.63) is 229 Å².